The van der Waals surface area contributed by atoms with Gasteiger partial charge in [0.25, 0.3) is 0 Å². The van der Waals surface area contributed by atoms with Gasteiger partial charge in [0.05, 0.1) is 18.3 Å². The van der Waals surface area contributed by atoms with E-state index in [0.29, 0.717) is 19.6 Å². The Hall–Kier alpha value is -0.200. The zero-order valence-corrected chi connectivity index (χ0v) is 15.7. The second kappa shape index (κ2) is 14.2. The molecule has 0 saturated carbocycles. The SMILES string of the molecule is CCCCN(CCN(CC(O)CC)CC(O)CC)CC(O)CC. The van der Waals surface area contributed by atoms with E-state index in [-0.39, 0.29) is 18.3 Å². The first-order valence-corrected chi connectivity index (χ1v) is 9.45. The summed E-state index contributed by atoms with van der Waals surface area (Å²) < 4.78 is 0. The minimum atomic E-state index is -0.343. The van der Waals surface area contributed by atoms with E-state index in [4.69, 9.17) is 0 Å². The Morgan fingerprint density at radius 2 is 1.00 bits per heavy atom. The molecule has 3 N–H and O–H groups in total. The van der Waals surface area contributed by atoms with E-state index in [1.807, 2.05) is 20.8 Å². The molecule has 0 aromatic rings. The molecule has 0 bridgehead atoms. The summed E-state index contributed by atoms with van der Waals surface area (Å²) in [5, 5.41) is 29.8. The number of hydrogen-bond acceptors (Lipinski definition) is 5. The zero-order chi connectivity index (χ0) is 17.7. The van der Waals surface area contributed by atoms with Crippen molar-refractivity contribution in [3.05, 3.63) is 0 Å². The molecule has 0 heterocycles. The van der Waals surface area contributed by atoms with E-state index < -0.39 is 0 Å². The smallest absolute Gasteiger partial charge is 0.0664 e. The first-order chi connectivity index (χ1) is 11.0. The van der Waals surface area contributed by atoms with Crippen LogP contribution in [0.4, 0.5) is 0 Å². The molecular formula is C18H40N2O3. The van der Waals surface area contributed by atoms with Crippen molar-refractivity contribution in [1.29, 1.82) is 0 Å². The minimum absolute atomic E-state index is 0.275. The van der Waals surface area contributed by atoms with E-state index in [0.717, 1.165) is 51.7 Å². The average Bonchev–Trinajstić information content (AvgIpc) is 2.56. The fourth-order valence-electron chi connectivity index (χ4n) is 2.50. The van der Waals surface area contributed by atoms with Gasteiger partial charge in [-0.15, -0.1) is 0 Å². The topological polar surface area (TPSA) is 67.2 Å². The molecule has 23 heavy (non-hydrogen) atoms. The monoisotopic (exact) mass is 332 g/mol. The maximum Gasteiger partial charge on any atom is 0.0664 e. The van der Waals surface area contributed by atoms with Crippen LogP contribution in [0.5, 0.6) is 0 Å². The molecule has 0 fully saturated rings. The Morgan fingerprint density at radius 3 is 1.39 bits per heavy atom. The molecule has 0 rings (SSSR count). The van der Waals surface area contributed by atoms with Gasteiger partial charge in [0.2, 0.25) is 0 Å². The molecule has 0 amide bonds. The Bertz CT molecular complexity index is 255. The van der Waals surface area contributed by atoms with Crippen molar-refractivity contribution in [3.63, 3.8) is 0 Å². The lowest BCUT2D eigenvalue weighted by atomic mass is 10.2. The second-order valence-electron chi connectivity index (χ2n) is 6.60. The predicted molar refractivity (Wildman–Crippen MR) is 96.7 cm³/mol. The zero-order valence-electron chi connectivity index (χ0n) is 15.7. The summed E-state index contributed by atoms with van der Waals surface area (Å²) in [6.07, 6.45) is 3.54. The average molecular weight is 333 g/mol. The molecule has 5 heteroatoms. The summed E-state index contributed by atoms with van der Waals surface area (Å²) in [5.41, 5.74) is 0. The van der Waals surface area contributed by atoms with Crippen molar-refractivity contribution < 1.29 is 15.3 Å². The highest BCUT2D eigenvalue weighted by atomic mass is 16.3. The first kappa shape index (κ1) is 22.8. The molecule has 0 aromatic carbocycles. The van der Waals surface area contributed by atoms with Crippen molar-refractivity contribution in [2.24, 2.45) is 0 Å². The van der Waals surface area contributed by atoms with Crippen LogP contribution in [0.2, 0.25) is 0 Å². The Morgan fingerprint density at radius 1 is 0.609 bits per heavy atom. The molecule has 0 spiro atoms. The number of aliphatic hydroxyl groups excluding tert-OH is 3. The molecule has 140 valence electrons. The summed E-state index contributed by atoms with van der Waals surface area (Å²) in [4.78, 5) is 4.46. The van der Waals surface area contributed by atoms with Gasteiger partial charge in [-0.25, -0.2) is 0 Å². The summed E-state index contributed by atoms with van der Waals surface area (Å²) >= 11 is 0. The van der Waals surface area contributed by atoms with Crippen LogP contribution in [0.1, 0.15) is 59.8 Å². The van der Waals surface area contributed by atoms with Gasteiger partial charge in [0, 0.05) is 32.7 Å². The lowest BCUT2D eigenvalue weighted by Crippen LogP contribution is -2.44. The van der Waals surface area contributed by atoms with Crippen LogP contribution in [0, 0.1) is 0 Å². The summed E-state index contributed by atoms with van der Waals surface area (Å²) in [7, 11) is 0. The van der Waals surface area contributed by atoms with Gasteiger partial charge in [0.15, 0.2) is 0 Å². The van der Waals surface area contributed by atoms with Gasteiger partial charge >= 0.3 is 0 Å². The molecule has 3 unspecified atom stereocenters. The van der Waals surface area contributed by atoms with Gasteiger partial charge < -0.3 is 15.3 Å². The van der Waals surface area contributed by atoms with Crippen LogP contribution >= 0.6 is 0 Å². The molecule has 0 aliphatic carbocycles. The van der Waals surface area contributed by atoms with E-state index in [1.165, 1.54) is 0 Å². The fourth-order valence-corrected chi connectivity index (χ4v) is 2.50. The van der Waals surface area contributed by atoms with E-state index in [2.05, 4.69) is 16.7 Å². The molecule has 5 nitrogen and oxygen atoms in total. The maximum absolute atomic E-state index is 9.93. The Labute approximate surface area is 143 Å². The van der Waals surface area contributed by atoms with Crippen LogP contribution in [0.15, 0.2) is 0 Å². The van der Waals surface area contributed by atoms with E-state index >= 15 is 0 Å². The van der Waals surface area contributed by atoms with Crippen molar-refractivity contribution in [3.8, 4) is 0 Å². The molecule has 3 atom stereocenters. The van der Waals surface area contributed by atoms with Gasteiger partial charge in [-0.1, -0.05) is 34.1 Å². The van der Waals surface area contributed by atoms with Crippen molar-refractivity contribution in [1.82, 2.24) is 9.80 Å². The number of aliphatic hydroxyl groups is 3. The highest BCUT2D eigenvalue weighted by Gasteiger charge is 2.16. The van der Waals surface area contributed by atoms with Gasteiger partial charge in [0.1, 0.15) is 0 Å². The van der Waals surface area contributed by atoms with E-state index in [9.17, 15) is 15.3 Å². The quantitative estimate of drug-likeness (QED) is 0.426. The third-order valence-electron chi connectivity index (χ3n) is 4.38. The van der Waals surface area contributed by atoms with Crippen molar-refractivity contribution in [2.45, 2.75) is 78.1 Å². The van der Waals surface area contributed by atoms with Crippen LogP contribution in [-0.4, -0.2) is 82.7 Å². The summed E-state index contributed by atoms with van der Waals surface area (Å²) in [6.45, 7) is 12.7. The van der Waals surface area contributed by atoms with Crippen LogP contribution in [0.3, 0.4) is 0 Å². The number of rotatable bonds is 15. The molecule has 0 saturated heterocycles. The third-order valence-corrected chi connectivity index (χ3v) is 4.38. The van der Waals surface area contributed by atoms with Crippen LogP contribution in [0.25, 0.3) is 0 Å². The van der Waals surface area contributed by atoms with Gasteiger partial charge in [-0.3, -0.25) is 9.80 Å². The van der Waals surface area contributed by atoms with E-state index in [1.54, 1.807) is 0 Å². The van der Waals surface area contributed by atoms with Gasteiger partial charge in [-0.05, 0) is 32.2 Å². The lowest BCUT2D eigenvalue weighted by Gasteiger charge is -2.31. The minimum Gasteiger partial charge on any atom is -0.392 e. The molecular weight excluding hydrogens is 292 g/mol. The number of hydrogen-bond donors (Lipinski definition) is 3. The van der Waals surface area contributed by atoms with Crippen LogP contribution in [-0.2, 0) is 0 Å². The first-order valence-electron chi connectivity index (χ1n) is 9.45. The normalized spacial score (nSPS) is 16.0. The standard InChI is InChI=1S/C18H40N2O3/c1-5-9-10-19(13-16(21)6-2)11-12-20(14-17(22)7-3)15-18(23)8-4/h16-18,21-23H,5-15H2,1-4H3. The highest BCUT2D eigenvalue weighted by Crippen LogP contribution is 2.04. The van der Waals surface area contributed by atoms with Gasteiger partial charge in [-0.2, -0.15) is 0 Å². The number of unbranched alkanes of at least 4 members (excludes halogenated alkanes) is 1. The lowest BCUT2D eigenvalue weighted by molar-refractivity contribution is 0.0531. The third kappa shape index (κ3) is 11.9. The summed E-state index contributed by atoms with van der Waals surface area (Å²) in [5.74, 6) is 0. The molecule has 0 aromatic heterocycles. The highest BCUT2D eigenvalue weighted by molar-refractivity contribution is 4.71. The Kier molecular flexibility index (Phi) is 14.0. The number of nitrogens with zero attached hydrogens (tertiary/aromatic N) is 2. The van der Waals surface area contributed by atoms with Crippen molar-refractivity contribution in [2.75, 3.05) is 39.3 Å². The molecule has 0 aliphatic heterocycles. The van der Waals surface area contributed by atoms with Crippen LogP contribution < -0.4 is 0 Å². The molecule has 0 aliphatic rings. The predicted octanol–water partition coefficient (Wildman–Crippen LogP) is 1.70. The second-order valence-corrected chi connectivity index (χ2v) is 6.60. The summed E-state index contributed by atoms with van der Waals surface area (Å²) in [6, 6.07) is 0. The largest absolute Gasteiger partial charge is 0.392 e. The Balaban J connectivity index is 4.52. The maximum atomic E-state index is 9.93. The van der Waals surface area contributed by atoms with Crippen molar-refractivity contribution >= 4 is 0 Å². The molecule has 0 radical (unpaired) electrons. The fraction of sp³-hybridized carbons (Fsp3) is 1.00.